The van der Waals surface area contributed by atoms with Gasteiger partial charge in [-0.1, -0.05) is 0 Å². The number of aliphatic hydroxyl groups excluding tert-OH is 1. The number of piperidine rings is 1. The van der Waals surface area contributed by atoms with E-state index in [1.165, 1.54) is 26.4 Å². The number of anilines is 1. The van der Waals surface area contributed by atoms with Crippen molar-refractivity contribution in [2.24, 2.45) is 11.3 Å². The number of rotatable bonds is 5. The summed E-state index contributed by atoms with van der Waals surface area (Å²) in [6.07, 6.45) is -4.12. The molecule has 2 fully saturated rings. The summed E-state index contributed by atoms with van der Waals surface area (Å²) in [5, 5.41) is 19.3. The monoisotopic (exact) mass is 489 g/mol. The Labute approximate surface area is 201 Å². The van der Waals surface area contributed by atoms with Gasteiger partial charge in [-0.25, -0.2) is 0 Å². The van der Waals surface area contributed by atoms with Gasteiger partial charge < -0.3 is 24.4 Å². The average molecular weight is 489 g/mol. The summed E-state index contributed by atoms with van der Waals surface area (Å²) < 4.78 is 50.9. The molecule has 10 heteroatoms. The van der Waals surface area contributed by atoms with Crippen LogP contribution < -0.4 is 14.4 Å². The van der Waals surface area contributed by atoms with Crippen molar-refractivity contribution in [1.82, 2.24) is 4.90 Å². The van der Waals surface area contributed by atoms with Crippen LogP contribution in [-0.2, 0) is 6.18 Å². The summed E-state index contributed by atoms with van der Waals surface area (Å²) >= 11 is 0. The molecule has 2 aliphatic heterocycles. The number of nitriles is 1. The molecule has 2 saturated heterocycles. The van der Waals surface area contributed by atoms with E-state index in [1.54, 1.807) is 29.2 Å². The van der Waals surface area contributed by atoms with Crippen molar-refractivity contribution in [3.05, 3.63) is 53.1 Å². The van der Waals surface area contributed by atoms with Gasteiger partial charge in [-0.15, -0.1) is 0 Å². The predicted octanol–water partition coefficient (Wildman–Crippen LogP) is 3.56. The van der Waals surface area contributed by atoms with E-state index < -0.39 is 22.7 Å². The Morgan fingerprint density at radius 1 is 1.17 bits per heavy atom. The van der Waals surface area contributed by atoms with Crippen LogP contribution in [0.25, 0.3) is 0 Å². The number of methoxy groups -OCH3 is 2. The van der Waals surface area contributed by atoms with Gasteiger partial charge in [0.15, 0.2) is 11.5 Å². The lowest BCUT2D eigenvalue weighted by Gasteiger charge is -2.43. The van der Waals surface area contributed by atoms with Crippen LogP contribution >= 0.6 is 0 Å². The minimum absolute atomic E-state index is 0.123. The summed E-state index contributed by atoms with van der Waals surface area (Å²) in [6, 6.07) is 10.2. The van der Waals surface area contributed by atoms with Crippen LogP contribution in [0.2, 0.25) is 0 Å². The zero-order valence-corrected chi connectivity index (χ0v) is 19.4. The summed E-state index contributed by atoms with van der Waals surface area (Å²) in [7, 11) is 2.99. The van der Waals surface area contributed by atoms with E-state index in [1.807, 2.05) is 4.90 Å². The van der Waals surface area contributed by atoms with Crippen molar-refractivity contribution in [2.75, 3.05) is 51.9 Å². The Hall–Kier alpha value is -3.45. The number of hydrogen-bond donors (Lipinski definition) is 1. The fourth-order valence-electron chi connectivity index (χ4n) is 5.14. The summed E-state index contributed by atoms with van der Waals surface area (Å²) in [5.41, 5.74) is -1.12. The maximum atomic E-state index is 13.5. The molecule has 7 nitrogen and oxygen atoms in total. The number of nitrogens with zero attached hydrogens (tertiary/aromatic N) is 3. The van der Waals surface area contributed by atoms with Crippen LogP contribution in [0.3, 0.4) is 0 Å². The van der Waals surface area contributed by atoms with Gasteiger partial charge in [0.05, 0.1) is 38.0 Å². The first-order valence-electron chi connectivity index (χ1n) is 11.1. The number of carbonyl (C=O) groups excluding carboxylic acids is 1. The minimum atomic E-state index is -4.64. The SMILES string of the molecule is COc1ccc(C(=O)N2C[C@H]3CN(c4ccc(C#N)c(C(F)(F)F)c4)CC[C@@]3(CO)C2)cc1OC. The molecule has 0 radical (unpaired) electrons. The molecule has 0 aliphatic carbocycles. The quantitative estimate of drug-likeness (QED) is 0.692. The van der Waals surface area contributed by atoms with Gasteiger partial charge in [0.1, 0.15) is 0 Å². The van der Waals surface area contributed by atoms with Gasteiger partial charge in [-0.3, -0.25) is 4.79 Å². The van der Waals surface area contributed by atoms with Crippen molar-refractivity contribution in [3.8, 4) is 17.6 Å². The van der Waals surface area contributed by atoms with Gasteiger partial charge in [0, 0.05) is 48.8 Å². The molecular weight excluding hydrogens is 463 g/mol. The maximum Gasteiger partial charge on any atom is 0.417 e. The van der Waals surface area contributed by atoms with Crippen LogP contribution in [0.5, 0.6) is 11.5 Å². The Balaban J connectivity index is 1.56. The second kappa shape index (κ2) is 9.30. The molecule has 0 saturated carbocycles. The van der Waals surface area contributed by atoms with E-state index >= 15 is 0 Å². The number of ether oxygens (including phenoxy) is 2. The zero-order chi connectivity index (χ0) is 25.4. The number of fused-ring (bicyclic) bond motifs is 1. The summed E-state index contributed by atoms with van der Waals surface area (Å²) in [6.45, 7) is 1.42. The highest BCUT2D eigenvalue weighted by Crippen LogP contribution is 2.45. The minimum Gasteiger partial charge on any atom is -0.493 e. The highest BCUT2D eigenvalue weighted by molar-refractivity contribution is 5.95. The molecule has 4 rings (SSSR count). The standard InChI is InChI=1S/C25H26F3N3O4/c1-34-21-6-4-16(9-22(21)35-2)23(33)31-13-18-12-30(8-7-24(18,14-31)15-32)19-5-3-17(11-29)20(10-19)25(26,27)28/h3-6,9-10,18,32H,7-8,12-15H2,1-2H3/t18-,24+/m1/s1. The molecule has 0 aromatic heterocycles. The lowest BCUT2D eigenvalue weighted by Crippen LogP contribution is -2.49. The van der Waals surface area contributed by atoms with Crippen LogP contribution in [0.15, 0.2) is 36.4 Å². The van der Waals surface area contributed by atoms with Crippen LogP contribution in [0.1, 0.15) is 27.9 Å². The smallest absolute Gasteiger partial charge is 0.417 e. The molecule has 186 valence electrons. The number of halogens is 3. The van der Waals surface area contributed by atoms with Crippen molar-refractivity contribution < 1.29 is 32.5 Å². The fraction of sp³-hybridized carbons (Fsp3) is 0.440. The Bertz CT molecular complexity index is 1160. The third-order valence-electron chi connectivity index (χ3n) is 7.16. The van der Waals surface area contributed by atoms with Gasteiger partial charge in [-0.2, -0.15) is 18.4 Å². The van der Waals surface area contributed by atoms with E-state index in [0.717, 1.165) is 6.07 Å². The van der Waals surface area contributed by atoms with E-state index in [4.69, 9.17) is 14.7 Å². The first kappa shape index (κ1) is 24.7. The number of benzene rings is 2. The normalized spacial score (nSPS) is 21.9. The summed E-state index contributed by atoms with van der Waals surface area (Å²) in [5.74, 6) is 0.592. The number of alkyl halides is 3. The number of hydrogen-bond acceptors (Lipinski definition) is 6. The second-order valence-corrected chi connectivity index (χ2v) is 9.01. The maximum absolute atomic E-state index is 13.5. The largest absolute Gasteiger partial charge is 0.493 e. The fourth-order valence-corrected chi connectivity index (χ4v) is 5.14. The Morgan fingerprint density at radius 2 is 1.91 bits per heavy atom. The first-order valence-corrected chi connectivity index (χ1v) is 11.1. The molecule has 2 aliphatic rings. The lowest BCUT2D eigenvalue weighted by atomic mass is 9.73. The highest BCUT2D eigenvalue weighted by atomic mass is 19.4. The molecule has 1 amide bonds. The van der Waals surface area contributed by atoms with E-state index in [-0.39, 0.29) is 18.4 Å². The number of aliphatic hydroxyl groups is 1. The van der Waals surface area contributed by atoms with Gasteiger partial charge in [-0.05, 0) is 42.8 Å². The van der Waals surface area contributed by atoms with Crippen LogP contribution in [0.4, 0.5) is 18.9 Å². The van der Waals surface area contributed by atoms with Crippen LogP contribution in [-0.4, -0.2) is 62.9 Å². The third-order valence-corrected chi connectivity index (χ3v) is 7.16. The molecule has 1 N–H and O–H groups in total. The number of likely N-dealkylation sites (tertiary alicyclic amines) is 1. The molecule has 2 aromatic rings. The van der Waals surface area contributed by atoms with Crippen molar-refractivity contribution in [1.29, 1.82) is 5.26 Å². The summed E-state index contributed by atoms with van der Waals surface area (Å²) in [4.78, 5) is 16.8. The van der Waals surface area contributed by atoms with Crippen LogP contribution in [0, 0.1) is 22.7 Å². The molecule has 35 heavy (non-hydrogen) atoms. The third kappa shape index (κ3) is 4.48. The molecular formula is C25H26F3N3O4. The van der Waals surface area contributed by atoms with E-state index in [9.17, 15) is 23.1 Å². The van der Waals surface area contributed by atoms with Crippen molar-refractivity contribution >= 4 is 11.6 Å². The molecule has 0 spiro atoms. The van der Waals surface area contributed by atoms with Gasteiger partial charge in [0.2, 0.25) is 0 Å². The zero-order valence-electron chi connectivity index (χ0n) is 19.4. The van der Waals surface area contributed by atoms with Gasteiger partial charge in [0.25, 0.3) is 5.91 Å². The average Bonchev–Trinajstić information content (AvgIpc) is 3.26. The number of amides is 1. The Kier molecular flexibility index (Phi) is 6.56. The predicted molar refractivity (Wildman–Crippen MR) is 121 cm³/mol. The molecule has 2 aromatic carbocycles. The van der Waals surface area contributed by atoms with Gasteiger partial charge >= 0.3 is 6.18 Å². The number of carbonyl (C=O) groups is 1. The highest BCUT2D eigenvalue weighted by Gasteiger charge is 2.50. The van der Waals surface area contributed by atoms with E-state index in [2.05, 4.69) is 0 Å². The first-order chi connectivity index (χ1) is 16.7. The molecule has 2 heterocycles. The second-order valence-electron chi connectivity index (χ2n) is 9.01. The van der Waals surface area contributed by atoms with Crippen molar-refractivity contribution in [3.63, 3.8) is 0 Å². The lowest BCUT2D eigenvalue weighted by molar-refractivity contribution is -0.137. The molecule has 0 unspecified atom stereocenters. The topological polar surface area (TPSA) is 86.0 Å². The molecule has 2 atom stereocenters. The Morgan fingerprint density at radius 3 is 2.54 bits per heavy atom. The van der Waals surface area contributed by atoms with E-state index in [0.29, 0.717) is 55.3 Å². The molecule has 0 bridgehead atoms. The van der Waals surface area contributed by atoms with Crippen molar-refractivity contribution in [2.45, 2.75) is 12.6 Å².